The SMILES string of the molecule is COc1ccccc1-c1cc(=O)[nH]c(N2CCN(c3ccc(F)cc3)CC2)n1. The number of hydrogen-bond acceptors (Lipinski definition) is 5. The molecule has 7 heteroatoms. The van der Waals surface area contributed by atoms with Crippen molar-refractivity contribution in [1.29, 1.82) is 0 Å². The minimum absolute atomic E-state index is 0.202. The maximum absolute atomic E-state index is 13.1. The smallest absolute Gasteiger partial charge is 0.252 e. The van der Waals surface area contributed by atoms with Crippen LogP contribution in [0.15, 0.2) is 59.4 Å². The van der Waals surface area contributed by atoms with Gasteiger partial charge in [-0.2, -0.15) is 0 Å². The van der Waals surface area contributed by atoms with Crippen LogP contribution in [-0.4, -0.2) is 43.3 Å². The second-order valence-corrected chi connectivity index (χ2v) is 6.61. The molecule has 2 heterocycles. The molecular formula is C21H21FN4O2. The largest absolute Gasteiger partial charge is 0.496 e. The minimum atomic E-state index is -0.239. The average Bonchev–Trinajstić information content (AvgIpc) is 2.74. The van der Waals surface area contributed by atoms with Crippen LogP contribution in [0.25, 0.3) is 11.3 Å². The van der Waals surface area contributed by atoms with E-state index >= 15 is 0 Å². The number of hydrogen-bond donors (Lipinski definition) is 1. The third kappa shape index (κ3) is 3.69. The number of para-hydroxylation sites is 1. The number of benzene rings is 2. The fourth-order valence-corrected chi connectivity index (χ4v) is 3.42. The van der Waals surface area contributed by atoms with Gasteiger partial charge in [0.25, 0.3) is 5.56 Å². The molecule has 0 spiro atoms. The van der Waals surface area contributed by atoms with E-state index < -0.39 is 0 Å². The lowest BCUT2D eigenvalue weighted by Gasteiger charge is -2.36. The molecule has 28 heavy (non-hydrogen) atoms. The molecule has 1 fully saturated rings. The van der Waals surface area contributed by atoms with Crippen molar-refractivity contribution in [2.24, 2.45) is 0 Å². The summed E-state index contributed by atoms with van der Waals surface area (Å²) < 4.78 is 18.5. The van der Waals surface area contributed by atoms with Crippen molar-refractivity contribution in [1.82, 2.24) is 9.97 Å². The lowest BCUT2D eigenvalue weighted by Crippen LogP contribution is -2.47. The first kappa shape index (κ1) is 18.0. The van der Waals surface area contributed by atoms with Crippen LogP contribution in [0.4, 0.5) is 16.0 Å². The molecule has 0 bridgehead atoms. The van der Waals surface area contributed by atoms with Gasteiger partial charge < -0.3 is 14.5 Å². The van der Waals surface area contributed by atoms with Gasteiger partial charge in [-0.25, -0.2) is 9.37 Å². The Balaban J connectivity index is 1.55. The number of piperazine rings is 1. The van der Waals surface area contributed by atoms with E-state index in [0.29, 0.717) is 30.5 Å². The van der Waals surface area contributed by atoms with Crippen LogP contribution < -0.4 is 20.1 Å². The number of anilines is 2. The zero-order valence-electron chi connectivity index (χ0n) is 15.6. The molecule has 4 rings (SSSR count). The van der Waals surface area contributed by atoms with E-state index in [1.807, 2.05) is 24.3 Å². The second-order valence-electron chi connectivity index (χ2n) is 6.61. The zero-order chi connectivity index (χ0) is 19.5. The highest BCUT2D eigenvalue weighted by Crippen LogP contribution is 2.28. The number of halogens is 1. The first-order chi connectivity index (χ1) is 13.6. The fraction of sp³-hybridized carbons (Fsp3) is 0.238. The number of methoxy groups -OCH3 is 1. The van der Waals surface area contributed by atoms with Gasteiger partial charge >= 0.3 is 0 Å². The highest BCUT2D eigenvalue weighted by molar-refractivity contribution is 5.67. The number of aromatic nitrogens is 2. The maximum atomic E-state index is 13.1. The van der Waals surface area contributed by atoms with Crippen LogP contribution in [0.1, 0.15) is 0 Å². The van der Waals surface area contributed by atoms with E-state index in [4.69, 9.17) is 4.74 Å². The predicted molar refractivity (Wildman–Crippen MR) is 108 cm³/mol. The number of nitrogens with zero attached hydrogens (tertiary/aromatic N) is 3. The Morgan fingerprint density at radius 2 is 1.68 bits per heavy atom. The van der Waals surface area contributed by atoms with E-state index in [1.165, 1.54) is 18.2 Å². The molecule has 0 amide bonds. The Labute approximate surface area is 162 Å². The normalized spacial score (nSPS) is 14.2. The molecule has 1 N–H and O–H groups in total. The second kappa shape index (κ2) is 7.72. The zero-order valence-corrected chi connectivity index (χ0v) is 15.6. The summed E-state index contributed by atoms with van der Waals surface area (Å²) in [6.45, 7) is 2.92. The maximum Gasteiger partial charge on any atom is 0.252 e. The summed E-state index contributed by atoms with van der Waals surface area (Å²) in [7, 11) is 1.60. The summed E-state index contributed by atoms with van der Waals surface area (Å²) in [6, 6.07) is 15.5. The molecule has 0 radical (unpaired) electrons. The van der Waals surface area contributed by atoms with Crippen molar-refractivity contribution < 1.29 is 9.13 Å². The van der Waals surface area contributed by atoms with Crippen LogP contribution >= 0.6 is 0 Å². The molecule has 0 saturated carbocycles. The minimum Gasteiger partial charge on any atom is -0.496 e. The van der Waals surface area contributed by atoms with Crippen molar-refractivity contribution in [3.05, 3.63) is 70.8 Å². The van der Waals surface area contributed by atoms with E-state index in [0.717, 1.165) is 24.3 Å². The molecule has 6 nitrogen and oxygen atoms in total. The van der Waals surface area contributed by atoms with Gasteiger partial charge in [0, 0.05) is 43.5 Å². The average molecular weight is 380 g/mol. The Morgan fingerprint density at radius 3 is 2.39 bits per heavy atom. The molecule has 0 unspecified atom stereocenters. The Hall–Kier alpha value is -3.35. The lowest BCUT2D eigenvalue weighted by atomic mass is 10.1. The summed E-state index contributed by atoms with van der Waals surface area (Å²) in [6.07, 6.45) is 0. The van der Waals surface area contributed by atoms with Crippen molar-refractivity contribution >= 4 is 11.6 Å². The van der Waals surface area contributed by atoms with Crippen LogP contribution in [0, 0.1) is 5.82 Å². The molecule has 0 atom stereocenters. The summed E-state index contributed by atoms with van der Waals surface area (Å²) >= 11 is 0. The summed E-state index contributed by atoms with van der Waals surface area (Å²) in [5.74, 6) is 0.983. The quantitative estimate of drug-likeness (QED) is 0.754. The van der Waals surface area contributed by atoms with Gasteiger partial charge in [0.05, 0.1) is 12.8 Å². The number of H-pyrrole nitrogens is 1. The monoisotopic (exact) mass is 380 g/mol. The molecule has 0 aliphatic carbocycles. The first-order valence-corrected chi connectivity index (χ1v) is 9.14. The number of nitrogens with one attached hydrogen (secondary N) is 1. The van der Waals surface area contributed by atoms with Crippen LogP contribution in [-0.2, 0) is 0 Å². The standard InChI is InChI=1S/C21H21FN4O2/c1-28-19-5-3-2-4-17(19)18-14-20(27)24-21(23-18)26-12-10-25(11-13-26)16-8-6-15(22)7-9-16/h2-9,14H,10-13H2,1H3,(H,23,24,27). The van der Waals surface area contributed by atoms with Crippen molar-refractivity contribution in [2.45, 2.75) is 0 Å². The highest BCUT2D eigenvalue weighted by Gasteiger charge is 2.20. The molecule has 1 aliphatic heterocycles. The molecule has 1 aromatic heterocycles. The van der Waals surface area contributed by atoms with Crippen LogP contribution in [0.3, 0.4) is 0 Å². The van der Waals surface area contributed by atoms with Crippen molar-refractivity contribution in [2.75, 3.05) is 43.1 Å². The van der Waals surface area contributed by atoms with E-state index in [-0.39, 0.29) is 11.4 Å². The molecule has 1 saturated heterocycles. The number of rotatable bonds is 4. The highest BCUT2D eigenvalue weighted by atomic mass is 19.1. The Morgan fingerprint density at radius 1 is 1.00 bits per heavy atom. The van der Waals surface area contributed by atoms with Gasteiger partial charge in [-0.15, -0.1) is 0 Å². The van der Waals surface area contributed by atoms with Crippen molar-refractivity contribution in [3.63, 3.8) is 0 Å². The molecule has 3 aromatic rings. The third-order valence-electron chi connectivity index (χ3n) is 4.88. The predicted octanol–water partition coefficient (Wildman–Crippen LogP) is 2.91. The Bertz CT molecular complexity index is 1010. The van der Waals surface area contributed by atoms with Gasteiger partial charge in [0.2, 0.25) is 5.95 Å². The topological polar surface area (TPSA) is 61.5 Å². The van der Waals surface area contributed by atoms with Crippen molar-refractivity contribution in [3.8, 4) is 17.0 Å². The van der Waals surface area contributed by atoms with Gasteiger partial charge in [0.1, 0.15) is 11.6 Å². The van der Waals surface area contributed by atoms with Gasteiger partial charge in [-0.1, -0.05) is 12.1 Å². The van der Waals surface area contributed by atoms with Gasteiger partial charge in [-0.05, 0) is 36.4 Å². The molecular weight excluding hydrogens is 359 g/mol. The molecule has 2 aromatic carbocycles. The van der Waals surface area contributed by atoms with E-state index in [2.05, 4.69) is 19.8 Å². The Kier molecular flexibility index (Phi) is 4.97. The van der Waals surface area contributed by atoms with Crippen LogP contribution in [0.5, 0.6) is 5.75 Å². The van der Waals surface area contributed by atoms with Gasteiger partial charge in [-0.3, -0.25) is 9.78 Å². The first-order valence-electron chi connectivity index (χ1n) is 9.14. The molecule has 1 aliphatic rings. The van der Waals surface area contributed by atoms with E-state index in [9.17, 15) is 9.18 Å². The van der Waals surface area contributed by atoms with E-state index in [1.54, 1.807) is 19.2 Å². The lowest BCUT2D eigenvalue weighted by molar-refractivity contribution is 0.416. The summed E-state index contributed by atoms with van der Waals surface area (Å²) in [4.78, 5) is 24.0. The number of aromatic amines is 1. The van der Waals surface area contributed by atoms with Crippen LogP contribution in [0.2, 0.25) is 0 Å². The fourth-order valence-electron chi connectivity index (χ4n) is 3.42. The van der Waals surface area contributed by atoms with Gasteiger partial charge in [0.15, 0.2) is 0 Å². The summed E-state index contributed by atoms with van der Waals surface area (Å²) in [5, 5.41) is 0. The summed E-state index contributed by atoms with van der Waals surface area (Å²) in [5.41, 5.74) is 2.15. The number of ether oxygens (including phenoxy) is 1. The molecule has 144 valence electrons. The third-order valence-corrected chi connectivity index (χ3v) is 4.88.